The van der Waals surface area contributed by atoms with Gasteiger partial charge in [0.05, 0.1) is 23.1 Å². The number of rotatable bonds is 7. The van der Waals surface area contributed by atoms with Gasteiger partial charge in [-0.25, -0.2) is 4.98 Å². The van der Waals surface area contributed by atoms with E-state index >= 15 is 0 Å². The van der Waals surface area contributed by atoms with Crippen molar-refractivity contribution in [1.82, 2.24) is 14.3 Å². The quantitative estimate of drug-likeness (QED) is 0.499. The van der Waals surface area contributed by atoms with Crippen LogP contribution in [-0.4, -0.2) is 48.8 Å². The number of hydrogen-bond acceptors (Lipinski definition) is 7. The lowest BCUT2D eigenvalue weighted by atomic mass is 10.2. The number of nitrogens with one attached hydrogen (secondary N) is 1. The Balaban J connectivity index is 2.15. The van der Waals surface area contributed by atoms with Gasteiger partial charge in [-0.2, -0.15) is 0 Å². The number of amides is 1. The number of fused-ring (bicyclic) bond motifs is 1. The molecule has 1 amide bonds. The van der Waals surface area contributed by atoms with E-state index in [1.807, 2.05) is 33.8 Å². The van der Waals surface area contributed by atoms with Gasteiger partial charge in [0, 0.05) is 12.7 Å². The van der Waals surface area contributed by atoms with Gasteiger partial charge in [-0.1, -0.05) is 50.8 Å². The fraction of sp³-hybridized carbons (Fsp3) is 0.429. The number of aliphatic hydroxyl groups excluding tert-OH is 1. The van der Waals surface area contributed by atoms with Crippen LogP contribution in [0.25, 0.3) is 11.7 Å². The molecule has 1 unspecified atom stereocenters. The molecule has 0 bridgehead atoms. The molecule has 2 aromatic heterocycles. The highest BCUT2D eigenvalue weighted by Gasteiger charge is 2.33. The Morgan fingerprint density at radius 2 is 2.10 bits per heavy atom. The maximum Gasteiger partial charge on any atom is 0.267 e. The van der Waals surface area contributed by atoms with Crippen LogP contribution >= 0.6 is 24.0 Å². The highest BCUT2D eigenvalue weighted by atomic mass is 32.2. The number of anilines is 1. The van der Waals surface area contributed by atoms with Crippen molar-refractivity contribution < 1.29 is 9.90 Å². The molecule has 2 N–H and O–H groups in total. The second-order valence-corrected chi connectivity index (χ2v) is 9.36. The molecule has 0 saturated carbocycles. The molecule has 1 fully saturated rings. The predicted molar refractivity (Wildman–Crippen MR) is 126 cm³/mol. The number of nitrogens with zero attached hydrogens (tertiary/aromatic N) is 3. The van der Waals surface area contributed by atoms with Gasteiger partial charge in [0.2, 0.25) is 0 Å². The van der Waals surface area contributed by atoms with Crippen LogP contribution in [0.5, 0.6) is 0 Å². The van der Waals surface area contributed by atoms with Crippen LogP contribution in [0.2, 0.25) is 0 Å². The van der Waals surface area contributed by atoms with Gasteiger partial charge in [-0.3, -0.25) is 18.9 Å². The second kappa shape index (κ2) is 9.28. The summed E-state index contributed by atoms with van der Waals surface area (Å²) >= 11 is 6.57. The lowest BCUT2D eigenvalue weighted by Crippen LogP contribution is -2.31. The van der Waals surface area contributed by atoms with Gasteiger partial charge in [0.25, 0.3) is 11.5 Å². The summed E-state index contributed by atoms with van der Waals surface area (Å²) in [5.41, 5.74) is 1.37. The van der Waals surface area contributed by atoms with Crippen LogP contribution in [0.3, 0.4) is 0 Å². The van der Waals surface area contributed by atoms with Crippen molar-refractivity contribution in [3.8, 4) is 0 Å². The molecule has 2 aromatic rings. The van der Waals surface area contributed by atoms with Crippen molar-refractivity contribution in [3.05, 3.63) is 44.7 Å². The van der Waals surface area contributed by atoms with Crippen molar-refractivity contribution in [3.63, 3.8) is 0 Å². The van der Waals surface area contributed by atoms with Crippen molar-refractivity contribution in [2.45, 2.75) is 40.2 Å². The van der Waals surface area contributed by atoms with Crippen molar-refractivity contribution >= 4 is 51.7 Å². The fourth-order valence-corrected chi connectivity index (χ4v) is 4.43. The summed E-state index contributed by atoms with van der Waals surface area (Å²) in [6, 6.07) is 3.41. The first-order valence-corrected chi connectivity index (χ1v) is 11.1. The Hall–Kier alpha value is -2.23. The fourth-order valence-electron chi connectivity index (χ4n) is 3.18. The van der Waals surface area contributed by atoms with E-state index in [4.69, 9.17) is 12.2 Å². The molecule has 160 valence electrons. The smallest absolute Gasteiger partial charge is 0.267 e. The molecule has 3 heterocycles. The number of thiocarbonyl (C=S) groups is 1. The van der Waals surface area contributed by atoms with Gasteiger partial charge >= 0.3 is 0 Å². The Labute approximate surface area is 185 Å². The van der Waals surface area contributed by atoms with E-state index in [1.165, 1.54) is 16.2 Å². The normalized spacial score (nSPS) is 16.9. The van der Waals surface area contributed by atoms with Crippen LogP contribution in [0.1, 0.15) is 38.3 Å². The van der Waals surface area contributed by atoms with Gasteiger partial charge in [-0.15, -0.1) is 0 Å². The number of aromatic nitrogens is 2. The summed E-state index contributed by atoms with van der Waals surface area (Å²) < 4.78 is 1.96. The van der Waals surface area contributed by atoms with Crippen molar-refractivity contribution in [2.24, 2.45) is 5.92 Å². The minimum absolute atomic E-state index is 0.0960. The van der Waals surface area contributed by atoms with Crippen LogP contribution in [0.4, 0.5) is 5.82 Å². The van der Waals surface area contributed by atoms with Gasteiger partial charge in [-0.05, 0) is 37.0 Å². The molecule has 7 nitrogen and oxygen atoms in total. The van der Waals surface area contributed by atoms with Crippen LogP contribution in [0.15, 0.2) is 28.0 Å². The highest BCUT2D eigenvalue weighted by Crippen LogP contribution is 2.33. The average Bonchev–Trinajstić information content (AvgIpc) is 2.96. The van der Waals surface area contributed by atoms with E-state index in [1.54, 1.807) is 23.2 Å². The Kier molecular flexibility index (Phi) is 6.95. The molecule has 1 saturated heterocycles. The molecule has 0 aliphatic carbocycles. The molecule has 0 radical (unpaired) electrons. The summed E-state index contributed by atoms with van der Waals surface area (Å²) in [6.07, 6.45) is 3.88. The average molecular weight is 447 g/mol. The number of pyridine rings is 1. The van der Waals surface area contributed by atoms with Crippen LogP contribution in [-0.2, 0) is 4.79 Å². The predicted octanol–water partition coefficient (Wildman–Crippen LogP) is 3.04. The summed E-state index contributed by atoms with van der Waals surface area (Å²) in [4.78, 5) is 32.8. The van der Waals surface area contributed by atoms with E-state index in [0.717, 1.165) is 5.56 Å². The minimum Gasteiger partial charge on any atom is -0.394 e. The molecule has 1 atom stereocenters. The maximum atomic E-state index is 13.3. The Bertz CT molecular complexity index is 1070. The Morgan fingerprint density at radius 3 is 2.73 bits per heavy atom. The summed E-state index contributed by atoms with van der Waals surface area (Å²) in [5.74, 6) is 0.423. The molecule has 0 spiro atoms. The third-order valence-corrected chi connectivity index (χ3v) is 6.21. The van der Waals surface area contributed by atoms with E-state index in [2.05, 4.69) is 10.3 Å². The molecule has 3 rings (SSSR count). The van der Waals surface area contributed by atoms with Gasteiger partial charge in [0.1, 0.15) is 15.8 Å². The van der Waals surface area contributed by atoms with E-state index < -0.39 is 0 Å². The highest BCUT2D eigenvalue weighted by molar-refractivity contribution is 8.26. The summed E-state index contributed by atoms with van der Waals surface area (Å²) in [7, 11) is 0. The largest absolute Gasteiger partial charge is 0.394 e. The van der Waals surface area contributed by atoms with Crippen LogP contribution < -0.4 is 10.9 Å². The molecular weight excluding hydrogens is 420 g/mol. The topological polar surface area (TPSA) is 86.9 Å². The lowest BCUT2D eigenvalue weighted by Gasteiger charge is -2.18. The third-order valence-electron chi connectivity index (χ3n) is 4.84. The first-order chi connectivity index (χ1) is 14.3. The van der Waals surface area contributed by atoms with E-state index in [-0.39, 0.29) is 35.6 Å². The van der Waals surface area contributed by atoms with E-state index in [9.17, 15) is 14.7 Å². The SMILES string of the molecule is CCC(CO)Nc1nc2c(C)cccn2c(=O)c1/C=C1\SC(=S)N(CC(C)C)C1=O. The molecule has 9 heteroatoms. The number of carbonyl (C=O) groups excluding carboxylic acids is 1. The monoisotopic (exact) mass is 446 g/mol. The van der Waals surface area contributed by atoms with Gasteiger partial charge < -0.3 is 10.4 Å². The second-order valence-electron chi connectivity index (χ2n) is 7.68. The molecule has 1 aliphatic rings. The first-order valence-electron chi connectivity index (χ1n) is 9.91. The van der Waals surface area contributed by atoms with E-state index in [0.29, 0.717) is 33.7 Å². The number of thioether (sulfide) groups is 1. The number of aliphatic hydroxyl groups is 1. The maximum absolute atomic E-state index is 13.3. The molecule has 0 aromatic carbocycles. The first kappa shape index (κ1) is 22.5. The number of aryl methyl sites for hydroxylation is 1. The molecule has 30 heavy (non-hydrogen) atoms. The lowest BCUT2D eigenvalue weighted by molar-refractivity contribution is -0.122. The van der Waals surface area contributed by atoms with Gasteiger partial charge in [0.15, 0.2) is 0 Å². The summed E-state index contributed by atoms with van der Waals surface area (Å²) in [5, 5.41) is 12.8. The minimum atomic E-state index is -0.284. The number of carbonyl (C=O) groups is 1. The Morgan fingerprint density at radius 1 is 1.37 bits per heavy atom. The van der Waals surface area contributed by atoms with Crippen LogP contribution in [0, 0.1) is 12.8 Å². The summed E-state index contributed by atoms with van der Waals surface area (Å²) in [6.45, 7) is 8.29. The zero-order valence-electron chi connectivity index (χ0n) is 17.5. The zero-order chi connectivity index (χ0) is 22.0. The standard InChI is InChI=1S/C21H26N4O3S2/c1-5-14(11-26)22-17-15(19(27)24-8-6-7-13(4)18(24)23-17)9-16-20(28)25(10-12(2)3)21(29)30-16/h6-9,12,14,22,26H,5,10-11H2,1-4H3/b16-9-. The molecule has 1 aliphatic heterocycles. The van der Waals surface area contributed by atoms with Crippen molar-refractivity contribution in [1.29, 1.82) is 0 Å². The molecular formula is C21H26N4O3S2. The van der Waals surface area contributed by atoms with Crippen molar-refractivity contribution in [2.75, 3.05) is 18.5 Å². The number of hydrogen-bond donors (Lipinski definition) is 2. The third kappa shape index (κ3) is 4.43. The zero-order valence-corrected chi connectivity index (χ0v) is 19.1.